The number of aromatic nitrogens is 3. The molecule has 1 spiro atoms. The zero-order chi connectivity index (χ0) is 23.9. The molecule has 5 rings (SSSR count). The number of hydrogen-bond donors (Lipinski definition) is 1. The predicted molar refractivity (Wildman–Crippen MR) is 128 cm³/mol. The van der Waals surface area contributed by atoms with Crippen molar-refractivity contribution in [3.8, 4) is 0 Å². The lowest BCUT2D eigenvalue weighted by atomic mass is 9.86. The van der Waals surface area contributed by atoms with Crippen molar-refractivity contribution in [2.24, 2.45) is 18.2 Å². The Morgan fingerprint density at radius 2 is 1.85 bits per heavy atom. The van der Waals surface area contributed by atoms with Crippen molar-refractivity contribution < 1.29 is 13.2 Å². The van der Waals surface area contributed by atoms with Gasteiger partial charge in [-0.2, -0.15) is 13.2 Å². The molecule has 1 saturated heterocycles. The van der Waals surface area contributed by atoms with Gasteiger partial charge in [0.2, 0.25) is 0 Å². The Balaban J connectivity index is 1.06. The van der Waals surface area contributed by atoms with Gasteiger partial charge in [0.25, 0.3) is 0 Å². The maximum absolute atomic E-state index is 12.8. The van der Waals surface area contributed by atoms with E-state index in [-0.39, 0.29) is 5.41 Å². The minimum atomic E-state index is -4.27. The SMILES string of the molecule is Cn1c(SCCCN2CC[C@@]3(C[C@H]3c3ccc(C(F)(F)F)cc3)C2)nnc1C1CCC(N)CC1. The van der Waals surface area contributed by atoms with Crippen LogP contribution in [0.2, 0.25) is 0 Å². The molecule has 9 heteroatoms. The van der Waals surface area contributed by atoms with E-state index in [2.05, 4.69) is 26.7 Å². The molecule has 2 atom stereocenters. The Morgan fingerprint density at radius 3 is 2.56 bits per heavy atom. The molecule has 1 aromatic heterocycles. The highest BCUT2D eigenvalue weighted by molar-refractivity contribution is 7.99. The van der Waals surface area contributed by atoms with E-state index in [0.717, 1.165) is 86.9 Å². The number of likely N-dealkylation sites (tertiary alicyclic amines) is 1. The monoisotopic (exact) mass is 493 g/mol. The first-order valence-electron chi connectivity index (χ1n) is 12.4. The average Bonchev–Trinajstić information content (AvgIpc) is 3.16. The molecule has 34 heavy (non-hydrogen) atoms. The number of nitrogens with zero attached hydrogens (tertiary/aromatic N) is 4. The van der Waals surface area contributed by atoms with Crippen LogP contribution in [-0.4, -0.2) is 51.1 Å². The number of halogens is 3. The van der Waals surface area contributed by atoms with Crippen molar-refractivity contribution >= 4 is 11.8 Å². The summed E-state index contributed by atoms with van der Waals surface area (Å²) in [5.74, 6) is 2.98. The predicted octanol–water partition coefficient (Wildman–Crippen LogP) is 5.18. The van der Waals surface area contributed by atoms with Crippen LogP contribution in [0.15, 0.2) is 29.4 Å². The molecule has 0 unspecified atom stereocenters. The molecular weight excluding hydrogens is 459 g/mol. The summed E-state index contributed by atoms with van der Waals surface area (Å²) in [6.07, 6.45) is 3.39. The first kappa shape index (κ1) is 24.1. The summed E-state index contributed by atoms with van der Waals surface area (Å²) in [6, 6.07) is 6.15. The third-order valence-corrected chi connectivity index (χ3v) is 9.26. The van der Waals surface area contributed by atoms with Crippen molar-refractivity contribution in [2.45, 2.75) is 74.2 Å². The van der Waals surface area contributed by atoms with Gasteiger partial charge in [0.15, 0.2) is 5.16 Å². The molecule has 1 aliphatic heterocycles. The van der Waals surface area contributed by atoms with Crippen LogP contribution >= 0.6 is 11.8 Å². The summed E-state index contributed by atoms with van der Waals surface area (Å²) < 4.78 is 40.7. The highest BCUT2D eigenvalue weighted by atomic mass is 32.2. The van der Waals surface area contributed by atoms with E-state index in [9.17, 15) is 13.2 Å². The van der Waals surface area contributed by atoms with Crippen LogP contribution in [-0.2, 0) is 13.2 Å². The second kappa shape index (κ2) is 9.47. The maximum Gasteiger partial charge on any atom is 0.416 e. The van der Waals surface area contributed by atoms with Gasteiger partial charge in [-0.1, -0.05) is 23.9 Å². The third-order valence-electron chi connectivity index (χ3n) is 8.15. The zero-order valence-electron chi connectivity index (χ0n) is 19.7. The molecule has 0 amide bonds. The number of benzene rings is 1. The van der Waals surface area contributed by atoms with E-state index in [1.807, 2.05) is 0 Å². The molecule has 2 aromatic rings. The smallest absolute Gasteiger partial charge is 0.328 e. The Bertz CT molecular complexity index is 983. The lowest BCUT2D eigenvalue weighted by Gasteiger charge is -2.25. The topological polar surface area (TPSA) is 60.0 Å². The van der Waals surface area contributed by atoms with E-state index < -0.39 is 11.7 Å². The van der Waals surface area contributed by atoms with Crippen LogP contribution < -0.4 is 5.73 Å². The quantitative estimate of drug-likeness (QED) is 0.425. The fourth-order valence-corrected chi connectivity index (χ4v) is 6.83. The number of hydrogen-bond acceptors (Lipinski definition) is 5. The van der Waals surface area contributed by atoms with Gasteiger partial charge in [0.05, 0.1) is 5.56 Å². The van der Waals surface area contributed by atoms with Crippen LogP contribution in [0.3, 0.4) is 0 Å². The molecule has 5 nitrogen and oxygen atoms in total. The van der Waals surface area contributed by atoms with Crippen LogP contribution in [0, 0.1) is 5.41 Å². The summed E-state index contributed by atoms with van der Waals surface area (Å²) in [5, 5.41) is 9.91. The van der Waals surface area contributed by atoms with Crippen LogP contribution in [0.1, 0.15) is 73.7 Å². The van der Waals surface area contributed by atoms with Gasteiger partial charge < -0.3 is 15.2 Å². The van der Waals surface area contributed by atoms with Gasteiger partial charge in [-0.3, -0.25) is 0 Å². The number of thioether (sulfide) groups is 1. The molecule has 186 valence electrons. The standard InChI is InChI=1S/C25H34F3N5S/c1-32-22(18-5-9-20(29)10-6-18)30-31-23(32)34-14-2-12-33-13-11-24(16-33)15-21(24)17-3-7-19(8-4-17)25(26,27)28/h3-4,7-8,18,20-21H,2,5-6,9-16,29H2,1H3/t18?,20?,21-,24+/m0/s1. The number of rotatable bonds is 7. The molecule has 0 radical (unpaired) electrons. The van der Waals surface area contributed by atoms with Crippen LogP contribution in [0.25, 0.3) is 0 Å². The average molecular weight is 494 g/mol. The molecule has 2 saturated carbocycles. The van der Waals surface area contributed by atoms with Crippen molar-refractivity contribution in [2.75, 3.05) is 25.4 Å². The highest BCUT2D eigenvalue weighted by Gasteiger charge is 2.57. The minimum Gasteiger partial charge on any atom is -0.328 e. The maximum atomic E-state index is 12.8. The summed E-state index contributed by atoms with van der Waals surface area (Å²) in [5.41, 5.74) is 6.81. The Kier molecular flexibility index (Phi) is 6.72. The first-order chi connectivity index (χ1) is 16.2. The van der Waals surface area contributed by atoms with Gasteiger partial charge in [-0.25, -0.2) is 0 Å². The van der Waals surface area contributed by atoms with Crippen molar-refractivity contribution in [3.05, 3.63) is 41.2 Å². The summed E-state index contributed by atoms with van der Waals surface area (Å²) >= 11 is 1.78. The highest BCUT2D eigenvalue weighted by Crippen LogP contribution is 2.64. The van der Waals surface area contributed by atoms with Crippen LogP contribution in [0.5, 0.6) is 0 Å². The molecule has 3 fully saturated rings. The summed E-state index contributed by atoms with van der Waals surface area (Å²) in [6.45, 7) is 3.20. The molecular formula is C25H34F3N5S. The van der Waals surface area contributed by atoms with Crippen molar-refractivity contribution in [1.29, 1.82) is 0 Å². The lowest BCUT2D eigenvalue weighted by Crippen LogP contribution is -2.26. The first-order valence-corrected chi connectivity index (χ1v) is 13.4. The summed E-state index contributed by atoms with van der Waals surface area (Å²) in [4.78, 5) is 2.53. The molecule has 1 aromatic carbocycles. The molecule has 2 heterocycles. The van der Waals surface area contributed by atoms with Crippen LogP contribution in [0.4, 0.5) is 13.2 Å². The lowest BCUT2D eigenvalue weighted by molar-refractivity contribution is -0.137. The van der Waals surface area contributed by atoms with Gasteiger partial charge in [-0.05, 0) is 87.1 Å². The van der Waals surface area contributed by atoms with E-state index in [1.54, 1.807) is 23.9 Å². The fraction of sp³-hybridized carbons (Fsp3) is 0.680. The largest absolute Gasteiger partial charge is 0.416 e. The molecule has 0 bridgehead atoms. The number of alkyl halides is 3. The normalized spacial score (nSPS) is 29.7. The minimum absolute atomic E-state index is 0.272. The zero-order valence-corrected chi connectivity index (χ0v) is 20.5. The Labute approximate surface area is 203 Å². The summed E-state index contributed by atoms with van der Waals surface area (Å²) in [7, 11) is 2.07. The Morgan fingerprint density at radius 1 is 1.12 bits per heavy atom. The van der Waals surface area contributed by atoms with Crippen molar-refractivity contribution in [1.82, 2.24) is 19.7 Å². The van der Waals surface area contributed by atoms with Gasteiger partial charge in [0.1, 0.15) is 5.82 Å². The third kappa shape index (κ3) is 5.02. The van der Waals surface area contributed by atoms with E-state index in [1.165, 1.54) is 12.1 Å². The van der Waals surface area contributed by atoms with Gasteiger partial charge >= 0.3 is 6.18 Å². The molecule has 2 N–H and O–H groups in total. The number of nitrogens with two attached hydrogens (primary N) is 1. The van der Waals surface area contributed by atoms with E-state index in [4.69, 9.17) is 5.73 Å². The van der Waals surface area contributed by atoms with Crippen molar-refractivity contribution in [3.63, 3.8) is 0 Å². The fourth-order valence-electron chi connectivity index (χ4n) is 5.99. The molecule has 3 aliphatic rings. The second-order valence-electron chi connectivity index (χ2n) is 10.5. The second-order valence-corrected chi connectivity index (χ2v) is 11.5. The Hall–Kier alpha value is -1.58. The van der Waals surface area contributed by atoms with E-state index >= 15 is 0 Å². The van der Waals surface area contributed by atoms with Gasteiger partial charge in [0, 0.05) is 31.3 Å². The molecule has 2 aliphatic carbocycles. The van der Waals surface area contributed by atoms with E-state index in [0.29, 0.717) is 17.9 Å². The van der Waals surface area contributed by atoms with Gasteiger partial charge in [-0.15, -0.1) is 10.2 Å².